The minimum Gasteiger partial charge on any atom is -1.00 e. The second kappa shape index (κ2) is 21.2. The van der Waals surface area contributed by atoms with Crippen molar-refractivity contribution in [1.29, 1.82) is 0 Å². The molecule has 0 saturated heterocycles. The number of rotatable bonds is 0. The van der Waals surface area contributed by atoms with Crippen LogP contribution in [0.5, 0.6) is 0 Å². The number of halogens is 2. The quantitative estimate of drug-likeness (QED) is 0.367. The summed E-state index contributed by atoms with van der Waals surface area (Å²) in [5.41, 5.74) is 0. The summed E-state index contributed by atoms with van der Waals surface area (Å²) in [6, 6.07) is 0. The van der Waals surface area contributed by atoms with Gasteiger partial charge in [0.15, 0.2) is 0 Å². The second-order valence-corrected chi connectivity index (χ2v) is 0. The Balaban J connectivity index is 0. The topological polar surface area (TPSA) is 0 Å². The van der Waals surface area contributed by atoms with Crippen LogP contribution in [0.25, 0.3) is 0 Å². The van der Waals surface area contributed by atoms with E-state index in [0.717, 1.165) is 0 Å². The molecule has 21 valence electrons. The van der Waals surface area contributed by atoms with Crippen LogP contribution < -0.4 is 18.9 Å². The summed E-state index contributed by atoms with van der Waals surface area (Å²) < 4.78 is 0. The van der Waals surface area contributed by atoms with Crippen LogP contribution in [-0.4, -0.2) is 0 Å². The van der Waals surface area contributed by atoms with Crippen LogP contribution in [0.15, 0.2) is 0 Å². The van der Waals surface area contributed by atoms with Crippen LogP contribution in [0.3, 0.4) is 0 Å². The van der Waals surface area contributed by atoms with E-state index in [-0.39, 0.29) is 71.0 Å². The Bertz CT molecular complexity index is 9.61. The molecule has 0 aliphatic carbocycles. The molecule has 1 radical (unpaired) electrons. The van der Waals surface area contributed by atoms with E-state index in [4.69, 9.17) is 0 Å². The summed E-state index contributed by atoms with van der Waals surface area (Å²) in [4.78, 5) is 0. The van der Waals surface area contributed by atoms with E-state index in [1.165, 1.54) is 0 Å². The van der Waals surface area contributed by atoms with Crippen LogP contribution >= 0.6 is 0 Å². The molecule has 0 aromatic rings. The van der Waals surface area contributed by atoms with Crippen molar-refractivity contribution in [1.82, 2.24) is 0 Å². The molecule has 0 rings (SSSR count). The van der Waals surface area contributed by atoms with Gasteiger partial charge in [0, 0.05) is 41.3 Å². The van der Waals surface area contributed by atoms with E-state index in [1.54, 1.807) is 0 Å². The van der Waals surface area contributed by atoms with Gasteiger partial charge < -0.3 is 1.43 Å². The fraction of sp³-hybridized carbons (Fsp3) is 0. The monoisotopic (exact) mass is 189 g/mol. The third-order valence-corrected chi connectivity index (χ3v) is 0. The van der Waals surface area contributed by atoms with Crippen LogP contribution in [0.4, 0.5) is 9.41 Å². The fourth-order valence-electron chi connectivity index (χ4n) is 0. The number of hydrogen-bond acceptors (Lipinski definition) is 0. The zero-order chi connectivity index (χ0) is 0. The molecule has 0 unspecified atom stereocenters. The summed E-state index contributed by atoms with van der Waals surface area (Å²) >= 11 is 0. The summed E-state index contributed by atoms with van der Waals surface area (Å²) in [5, 5.41) is 0. The molecule has 0 nitrogen and oxygen atoms in total. The van der Waals surface area contributed by atoms with Gasteiger partial charge in [0.05, 0.1) is 0 Å². The molecular weight excluding hydrogens is 186 g/mol. The van der Waals surface area contributed by atoms with Gasteiger partial charge in [-0.25, -0.2) is 0 Å². The Hall–Kier alpha value is 1.82. The van der Waals surface area contributed by atoms with Gasteiger partial charge in [-0.1, -0.05) is 0 Å². The van der Waals surface area contributed by atoms with Crippen LogP contribution in [0.1, 0.15) is 1.43 Å². The minimum absolute atomic E-state index is 0. The third-order valence-electron chi connectivity index (χ3n) is 0. The summed E-state index contributed by atoms with van der Waals surface area (Å²) in [7, 11) is 0. The van der Waals surface area contributed by atoms with Gasteiger partial charge in [-0.2, -0.15) is 0 Å². The molecule has 0 aromatic carbocycles. The van der Waals surface area contributed by atoms with Crippen molar-refractivity contribution in [2.45, 2.75) is 0 Å². The molecule has 0 heterocycles. The van der Waals surface area contributed by atoms with Gasteiger partial charge >= 0.3 is 18.9 Å². The Kier molecular flexibility index (Phi) is 216. The molecule has 0 saturated carbocycles. The molecule has 0 bridgehead atoms. The van der Waals surface area contributed by atoms with E-state index >= 15 is 0 Å². The Morgan fingerprint density at radius 2 is 1.00 bits per heavy atom. The van der Waals surface area contributed by atoms with E-state index < -0.39 is 0 Å². The molecule has 0 aliphatic rings. The molecule has 0 spiro atoms. The van der Waals surface area contributed by atoms with Crippen LogP contribution in [-0.2, 0) is 0 Å². The van der Waals surface area contributed by atoms with Crippen molar-refractivity contribution in [2.24, 2.45) is 0 Å². The maximum absolute atomic E-state index is 0. The summed E-state index contributed by atoms with van der Waals surface area (Å²) in [5.74, 6) is 0. The second-order valence-electron chi connectivity index (χ2n) is 0. The normalized spacial score (nSPS) is 0. The molecule has 0 aliphatic heterocycles. The zero-order valence-corrected chi connectivity index (χ0v) is 6.10. The van der Waals surface area contributed by atoms with Crippen molar-refractivity contribution < 1.29 is 71.0 Å². The molecule has 0 aromatic heterocycles. The first kappa shape index (κ1) is 40.8. The third kappa shape index (κ3) is 9.17. The SMILES string of the molecule is F.F.[H-].[Li+].[Pr]. The molecule has 4 heteroatoms. The minimum atomic E-state index is 0. The molecule has 4 heavy (non-hydrogen) atoms. The van der Waals surface area contributed by atoms with Gasteiger partial charge in [-0.05, 0) is 0 Å². The smallest absolute Gasteiger partial charge is 1.00 e. The average molecular weight is 189 g/mol. The molecule has 0 amide bonds. The van der Waals surface area contributed by atoms with Gasteiger partial charge in [0.2, 0.25) is 0 Å². The van der Waals surface area contributed by atoms with Gasteiger partial charge in [0.25, 0.3) is 0 Å². The Morgan fingerprint density at radius 3 is 1.00 bits per heavy atom. The van der Waals surface area contributed by atoms with Crippen molar-refractivity contribution in [3.8, 4) is 0 Å². The fourth-order valence-corrected chi connectivity index (χ4v) is 0. The molecule has 0 N–H and O–H groups in total. The first-order valence-electron chi connectivity index (χ1n) is 0. The van der Waals surface area contributed by atoms with Gasteiger partial charge in [0.1, 0.15) is 0 Å². The predicted octanol–water partition coefficient (Wildman–Crippen LogP) is -2.58. The van der Waals surface area contributed by atoms with Gasteiger partial charge in [-0.15, -0.1) is 0 Å². The summed E-state index contributed by atoms with van der Waals surface area (Å²) in [6.07, 6.45) is 0. The zero-order valence-electron chi connectivity index (χ0n) is 3.39. The first-order chi connectivity index (χ1) is 0. The van der Waals surface area contributed by atoms with Crippen molar-refractivity contribution in [3.63, 3.8) is 0 Å². The van der Waals surface area contributed by atoms with E-state index in [0.29, 0.717) is 0 Å². The van der Waals surface area contributed by atoms with Crippen molar-refractivity contribution in [2.75, 3.05) is 0 Å². The largest absolute Gasteiger partial charge is 1.00 e. The van der Waals surface area contributed by atoms with Crippen LogP contribution in [0.2, 0.25) is 0 Å². The van der Waals surface area contributed by atoms with E-state index in [2.05, 4.69) is 0 Å². The van der Waals surface area contributed by atoms with Gasteiger partial charge in [-0.3, -0.25) is 9.41 Å². The Labute approximate surface area is 70.1 Å². The average Bonchev–Trinajstić information content (AvgIpc) is 0. The first-order valence-corrected chi connectivity index (χ1v) is 0. The van der Waals surface area contributed by atoms with Crippen molar-refractivity contribution in [3.05, 3.63) is 0 Å². The van der Waals surface area contributed by atoms with Crippen LogP contribution in [0, 0.1) is 41.3 Å². The molecule has 0 atom stereocenters. The summed E-state index contributed by atoms with van der Waals surface area (Å²) in [6.45, 7) is 0. The van der Waals surface area contributed by atoms with E-state index in [9.17, 15) is 0 Å². The Morgan fingerprint density at radius 1 is 1.00 bits per heavy atom. The van der Waals surface area contributed by atoms with E-state index in [1.807, 2.05) is 0 Å². The maximum atomic E-state index is 0. The number of hydrogen-bond donors (Lipinski definition) is 0. The standard InChI is InChI=1S/2FH.Li.Pr.H/h2*1H;;;/q;;+1;;-1. The predicted molar refractivity (Wildman–Crippen MR) is 6.12 cm³/mol. The molecular formula is H3F2LiPr. The molecule has 0 fully saturated rings. The maximum Gasteiger partial charge on any atom is 1.00 e. The van der Waals surface area contributed by atoms with Crippen molar-refractivity contribution >= 4 is 0 Å².